The second kappa shape index (κ2) is 5.52. The molecule has 1 aliphatic rings. The van der Waals surface area contributed by atoms with Crippen molar-refractivity contribution in [3.63, 3.8) is 0 Å². The normalized spacial score (nSPS) is 18.9. The van der Waals surface area contributed by atoms with Crippen molar-refractivity contribution in [2.24, 2.45) is 0 Å². The first-order valence-electron chi connectivity index (χ1n) is 7.48. The van der Waals surface area contributed by atoms with Crippen molar-refractivity contribution in [3.8, 4) is 0 Å². The van der Waals surface area contributed by atoms with Crippen LogP contribution in [0, 0.1) is 0 Å². The van der Waals surface area contributed by atoms with Crippen LogP contribution < -0.4 is 5.32 Å². The first-order chi connectivity index (χ1) is 10.3. The summed E-state index contributed by atoms with van der Waals surface area (Å²) in [6.07, 6.45) is 0.250. The van der Waals surface area contributed by atoms with E-state index in [1.807, 2.05) is 18.2 Å². The van der Waals surface area contributed by atoms with Crippen molar-refractivity contribution in [2.75, 3.05) is 18.4 Å². The van der Waals surface area contributed by atoms with Crippen LogP contribution in [-0.2, 0) is 5.41 Å². The van der Waals surface area contributed by atoms with Gasteiger partial charge in [0.2, 0.25) is 0 Å². The maximum atomic E-state index is 12.2. The molecule has 6 heteroatoms. The highest BCUT2D eigenvalue weighted by Crippen LogP contribution is 2.32. The standard InChI is InChI=1S/C16H21N3O2S/c1-16(2,3)14-18-12-5-4-10(8-13(12)22-14)17-15(21)19-7-6-11(20)9-19/h4-5,8,11,20H,6-7,9H2,1-3H3,(H,17,21). The number of likely N-dealkylation sites (tertiary alicyclic amines) is 1. The zero-order chi connectivity index (χ0) is 15.9. The van der Waals surface area contributed by atoms with Crippen LogP contribution in [0.25, 0.3) is 10.2 Å². The van der Waals surface area contributed by atoms with Crippen LogP contribution in [0.15, 0.2) is 18.2 Å². The molecule has 118 valence electrons. The number of benzene rings is 1. The van der Waals surface area contributed by atoms with Crippen molar-refractivity contribution >= 4 is 33.3 Å². The predicted octanol–water partition coefficient (Wildman–Crippen LogP) is 3.19. The number of aromatic nitrogens is 1. The van der Waals surface area contributed by atoms with Crippen molar-refractivity contribution in [1.82, 2.24) is 9.88 Å². The molecular formula is C16H21N3O2S. The first-order valence-corrected chi connectivity index (χ1v) is 8.29. The largest absolute Gasteiger partial charge is 0.391 e. The summed E-state index contributed by atoms with van der Waals surface area (Å²) in [6, 6.07) is 5.62. The number of nitrogens with one attached hydrogen (secondary N) is 1. The van der Waals surface area contributed by atoms with E-state index in [1.165, 1.54) is 0 Å². The molecule has 5 nitrogen and oxygen atoms in total. The van der Waals surface area contributed by atoms with Gasteiger partial charge in [-0.3, -0.25) is 0 Å². The summed E-state index contributed by atoms with van der Waals surface area (Å²) in [5.74, 6) is 0. The van der Waals surface area contributed by atoms with Gasteiger partial charge >= 0.3 is 6.03 Å². The van der Waals surface area contributed by atoms with Crippen LogP contribution in [-0.4, -0.2) is 40.2 Å². The van der Waals surface area contributed by atoms with Gasteiger partial charge in [-0.1, -0.05) is 20.8 Å². The minimum atomic E-state index is -0.399. The molecule has 22 heavy (non-hydrogen) atoms. The molecule has 1 atom stereocenters. The number of anilines is 1. The second-order valence-corrected chi connectivity index (χ2v) is 7.80. The predicted molar refractivity (Wildman–Crippen MR) is 89.5 cm³/mol. The fourth-order valence-electron chi connectivity index (χ4n) is 2.45. The third-order valence-electron chi connectivity index (χ3n) is 3.73. The molecule has 0 aliphatic carbocycles. The highest BCUT2D eigenvalue weighted by atomic mass is 32.1. The number of β-amino-alcohol motifs (C(OH)–C–C–N with tert-alkyl or cyclic N) is 1. The number of urea groups is 1. The number of thiazole rings is 1. The quantitative estimate of drug-likeness (QED) is 0.848. The van der Waals surface area contributed by atoms with E-state index in [2.05, 4.69) is 31.1 Å². The van der Waals surface area contributed by atoms with E-state index in [9.17, 15) is 9.90 Å². The van der Waals surface area contributed by atoms with E-state index >= 15 is 0 Å². The van der Waals surface area contributed by atoms with Crippen LogP contribution in [0.4, 0.5) is 10.5 Å². The molecule has 1 fully saturated rings. The Balaban J connectivity index is 1.78. The number of fused-ring (bicyclic) bond motifs is 1. The van der Waals surface area contributed by atoms with Crippen LogP contribution in [0.1, 0.15) is 32.2 Å². The van der Waals surface area contributed by atoms with Gasteiger partial charge in [0.25, 0.3) is 0 Å². The van der Waals surface area contributed by atoms with Gasteiger partial charge in [-0.25, -0.2) is 9.78 Å². The van der Waals surface area contributed by atoms with Gasteiger partial charge in [0.05, 0.1) is 21.3 Å². The lowest BCUT2D eigenvalue weighted by atomic mass is 9.98. The van der Waals surface area contributed by atoms with Crippen molar-refractivity contribution in [3.05, 3.63) is 23.2 Å². The molecule has 0 radical (unpaired) electrons. The van der Waals surface area contributed by atoms with Gasteiger partial charge in [-0.15, -0.1) is 11.3 Å². The third-order valence-corrected chi connectivity index (χ3v) is 5.18. The van der Waals surface area contributed by atoms with E-state index in [0.717, 1.165) is 20.9 Å². The highest BCUT2D eigenvalue weighted by Gasteiger charge is 2.24. The van der Waals surface area contributed by atoms with Crippen LogP contribution in [0.3, 0.4) is 0 Å². The number of hydrogen-bond acceptors (Lipinski definition) is 4. The van der Waals surface area contributed by atoms with Crippen molar-refractivity contribution in [2.45, 2.75) is 38.7 Å². The second-order valence-electron chi connectivity index (χ2n) is 6.77. The number of aliphatic hydroxyl groups excluding tert-OH is 1. The Hall–Kier alpha value is -1.66. The maximum absolute atomic E-state index is 12.2. The molecule has 1 aromatic carbocycles. The van der Waals surface area contributed by atoms with Gasteiger partial charge in [-0.2, -0.15) is 0 Å². The smallest absolute Gasteiger partial charge is 0.321 e. The van der Waals surface area contributed by atoms with Crippen LogP contribution in [0.2, 0.25) is 0 Å². The number of aliphatic hydroxyl groups is 1. The number of rotatable bonds is 1. The van der Waals surface area contributed by atoms with E-state index in [1.54, 1.807) is 16.2 Å². The average Bonchev–Trinajstić information content (AvgIpc) is 3.03. The number of hydrogen-bond donors (Lipinski definition) is 2. The number of carbonyl (C=O) groups excluding carboxylic acids is 1. The fourth-order valence-corrected chi connectivity index (χ4v) is 3.51. The lowest BCUT2D eigenvalue weighted by molar-refractivity contribution is 0.176. The third kappa shape index (κ3) is 3.08. The van der Waals surface area contributed by atoms with Crippen molar-refractivity contribution < 1.29 is 9.90 Å². The molecule has 0 bridgehead atoms. The Morgan fingerprint density at radius 2 is 2.23 bits per heavy atom. The summed E-state index contributed by atoms with van der Waals surface area (Å²) in [7, 11) is 0. The van der Waals surface area contributed by atoms with E-state index < -0.39 is 6.10 Å². The van der Waals surface area contributed by atoms with Crippen LogP contribution in [0.5, 0.6) is 0 Å². The molecule has 0 spiro atoms. The molecule has 1 saturated heterocycles. The molecule has 1 unspecified atom stereocenters. The summed E-state index contributed by atoms with van der Waals surface area (Å²) in [4.78, 5) is 18.4. The Morgan fingerprint density at radius 1 is 1.45 bits per heavy atom. The molecule has 2 heterocycles. The summed E-state index contributed by atoms with van der Waals surface area (Å²) in [6.45, 7) is 7.44. The lowest BCUT2D eigenvalue weighted by Crippen LogP contribution is -2.33. The van der Waals surface area contributed by atoms with Gasteiger partial charge in [0.15, 0.2) is 0 Å². The Bertz CT molecular complexity index is 705. The maximum Gasteiger partial charge on any atom is 0.321 e. The van der Waals surface area contributed by atoms with E-state index in [-0.39, 0.29) is 11.4 Å². The summed E-state index contributed by atoms with van der Waals surface area (Å²) >= 11 is 1.66. The minimum absolute atomic E-state index is 0.0266. The summed E-state index contributed by atoms with van der Waals surface area (Å²) in [5, 5.41) is 13.5. The number of amides is 2. The molecule has 1 aliphatic heterocycles. The Kier molecular flexibility index (Phi) is 3.82. The SMILES string of the molecule is CC(C)(C)c1nc2ccc(NC(=O)N3CCC(O)C3)cc2s1. The number of carbonyl (C=O) groups is 1. The number of nitrogens with zero attached hydrogens (tertiary/aromatic N) is 2. The fraction of sp³-hybridized carbons (Fsp3) is 0.500. The van der Waals surface area contributed by atoms with E-state index in [0.29, 0.717) is 19.5 Å². The first kappa shape index (κ1) is 15.2. The molecule has 3 rings (SSSR count). The zero-order valence-electron chi connectivity index (χ0n) is 13.1. The molecule has 2 amide bonds. The van der Waals surface area contributed by atoms with Crippen molar-refractivity contribution in [1.29, 1.82) is 0 Å². The average molecular weight is 319 g/mol. The molecule has 1 aromatic heterocycles. The molecular weight excluding hydrogens is 298 g/mol. The summed E-state index contributed by atoms with van der Waals surface area (Å²) < 4.78 is 1.07. The molecule has 2 N–H and O–H groups in total. The zero-order valence-corrected chi connectivity index (χ0v) is 13.9. The molecule has 0 saturated carbocycles. The lowest BCUT2D eigenvalue weighted by Gasteiger charge is -2.16. The Labute approximate surface area is 134 Å². The van der Waals surface area contributed by atoms with Gasteiger partial charge in [0.1, 0.15) is 0 Å². The van der Waals surface area contributed by atoms with Gasteiger partial charge in [-0.05, 0) is 24.6 Å². The highest BCUT2D eigenvalue weighted by molar-refractivity contribution is 7.18. The summed E-state index contributed by atoms with van der Waals surface area (Å²) in [5.41, 5.74) is 1.76. The Morgan fingerprint density at radius 3 is 2.86 bits per heavy atom. The van der Waals surface area contributed by atoms with Gasteiger partial charge < -0.3 is 15.3 Å². The van der Waals surface area contributed by atoms with E-state index in [4.69, 9.17) is 0 Å². The monoisotopic (exact) mass is 319 g/mol. The van der Waals surface area contributed by atoms with Crippen LogP contribution >= 0.6 is 11.3 Å². The molecule has 2 aromatic rings. The topological polar surface area (TPSA) is 65.5 Å². The minimum Gasteiger partial charge on any atom is -0.391 e. The van der Waals surface area contributed by atoms with Gasteiger partial charge in [0, 0.05) is 24.2 Å².